The Balaban J connectivity index is 3.40. The highest BCUT2D eigenvalue weighted by Gasteiger charge is 2.21. The summed E-state index contributed by atoms with van der Waals surface area (Å²) in [5, 5.41) is 8.71. The fourth-order valence-electron chi connectivity index (χ4n) is 3.16. The third-order valence-electron chi connectivity index (χ3n) is 5.13. The van der Waals surface area contributed by atoms with Gasteiger partial charge in [0.15, 0.2) is 0 Å². The second-order valence-electron chi connectivity index (χ2n) is 7.77. The van der Waals surface area contributed by atoms with Crippen LogP contribution in [0.25, 0.3) is 0 Å². The van der Waals surface area contributed by atoms with Crippen molar-refractivity contribution in [1.82, 2.24) is 0 Å². The van der Waals surface area contributed by atoms with Crippen molar-refractivity contribution >= 4 is 13.3 Å². The molecule has 0 aromatic heterocycles. The summed E-state index contributed by atoms with van der Waals surface area (Å²) in [5.74, 6) is -0.908. The molecule has 0 amide bonds. The van der Waals surface area contributed by atoms with Crippen molar-refractivity contribution in [2.24, 2.45) is 0 Å². The third kappa shape index (κ3) is 18.7. The van der Waals surface area contributed by atoms with Gasteiger partial charge in [-0.05, 0) is 32.1 Å². The fraction of sp³-hybridized carbons (Fsp3) is 0.870. The summed E-state index contributed by atoms with van der Waals surface area (Å²) >= 11 is 0. The second kappa shape index (κ2) is 19.7. The van der Waals surface area contributed by atoms with Gasteiger partial charge in [0, 0.05) is 12.3 Å². The number of aliphatic carboxylic acids is 1. The van der Waals surface area contributed by atoms with E-state index in [1.54, 1.807) is 0 Å². The first-order chi connectivity index (χ1) is 13.5. The second-order valence-corrected chi connectivity index (χ2v) is 10.7. The highest BCUT2D eigenvalue weighted by Crippen LogP contribution is 2.47. The first-order valence-corrected chi connectivity index (χ1v) is 13.6. The molecule has 5 heteroatoms. The van der Waals surface area contributed by atoms with Crippen molar-refractivity contribution in [3.63, 3.8) is 0 Å². The molecule has 0 saturated carbocycles. The molecule has 1 N–H and O–H groups in total. The number of unbranched alkanes of at least 4 members (excludes halogenated alkanes) is 12. The average Bonchev–Trinajstić information content (AvgIpc) is 2.68. The van der Waals surface area contributed by atoms with E-state index in [1.165, 1.54) is 77.0 Å². The normalized spacial score (nSPS) is 13.8. The van der Waals surface area contributed by atoms with Crippen LogP contribution in [0.2, 0.25) is 0 Å². The zero-order chi connectivity index (χ0) is 20.9. The van der Waals surface area contributed by atoms with Crippen LogP contribution in [0.3, 0.4) is 0 Å². The fourth-order valence-corrected chi connectivity index (χ4v) is 4.78. The molecule has 0 aliphatic rings. The van der Waals surface area contributed by atoms with Crippen molar-refractivity contribution in [1.29, 1.82) is 0 Å². The highest BCUT2D eigenvalue weighted by atomic mass is 31.2. The molecule has 1 atom stereocenters. The van der Waals surface area contributed by atoms with Crippen LogP contribution in [0.15, 0.2) is 12.2 Å². The van der Waals surface area contributed by atoms with Gasteiger partial charge >= 0.3 is 5.97 Å². The zero-order valence-corrected chi connectivity index (χ0v) is 19.4. The van der Waals surface area contributed by atoms with Crippen molar-refractivity contribution in [2.45, 2.75) is 110 Å². The lowest BCUT2D eigenvalue weighted by Gasteiger charge is -2.15. The Bertz CT molecular complexity index is 434. The van der Waals surface area contributed by atoms with Gasteiger partial charge in [-0.3, -0.25) is 9.36 Å². The summed E-state index contributed by atoms with van der Waals surface area (Å²) < 4.78 is 17.9. The van der Waals surface area contributed by atoms with Crippen LogP contribution in [-0.2, 0) is 13.9 Å². The number of carbonyl (C=O) groups is 1. The van der Waals surface area contributed by atoms with Crippen LogP contribution in [0.4, 0.5) is 0 Å². The molecule has 0 aliphatic carbocycles. The van der Waals surface area contributed by atoms with Crippen molar-refractivity contribution in [3.05, 3.63) is 12.2 Å². The van der Waals surface area contributed by atoms with E-state index in [4.69, 9.17) is 9.63 Å². The lowest BCUT2D eigenvalue weighted by atomic mass is 10.1. The lowest BCUT2D eigenvalue weighted by Crippen LogP contribution is -2.05. The summed E-state index contributed by atoms with van der Waals surface area (Å²) in [7, 11) is -2.73. The molecule has 4 nitrogen and oxygen atoms in total. The van der Waals surface area contributed by atoms with Crippen molar-refractivity contribution in [2.75, 3.05) is 18.9 Å². The Morgan fingerprint density at radius 2 is 1.32 bits per heavy atom. The molecule has 0 aromatic carbocycles. The number of rotatable bonds is 21. The minimum Gasteiger partial charge on any atom is -0.481 e. The molecule has 0 saturated heterocycles. The van der Waals surface area contributed by atoms with Crippen LogP contribution in [-0.4, -0.2) is 30.0 Å². The molecule has 0 fully saturated rings. The third-order valence-corrected chi connectivity index (χ3v) is 7.65. The molecular formula is C23H45O4P. The van der Waals surface area contributed by atoms with E-state index < -0.39 is 13.3 Å². The number of allylic oxidation sites excluding steroid dienone is 2. The van der Waals surface area contributed by atoms with Gasteiger partial charge < -0.3 is 9.63 Å². The van der Waals surface area contributed by atoms with E-state index in [2.05, 4.69) is 19.1 Å². The number of carboxylic acids is 1. The van der Waals surface area contributed by atoms with Crippen LogP contribution in [0, 0.1) is 0 Å². The SMILES string of the molecule is CCCCCCCC/C=C/CCCCCCCCOP(=O)(CC)CCC(=O)O. The number of hydrogen-bond acceptors (Lipinski definition) is 3. The Hall–Kier alpha value is -0.600. The van der Waals surface area contributed by atoms with E-state index in [0.29, 0.717) is 12.8 Å². The van der Waals surface area contributed by atoms with E-state index in [0.717, 1.165) is 12.8 Å². The molecule has 28 heavy (non-hydrogen) atoms. The molecule has 0 heterocycles. The minimum absolute atomic E-state index is 0.0709. The molecule has 0 radical (unpaired) electrons. The topological polar surface area (TPSA) is 63.6 Å². The Morgan fingerprint density at radius 3 is 1.82 bits per heavy atom. The van der Waals surface area contributed by atoms with Crippen LogP contribution < -0.4 is 0 Å². The summed E-state index contributed by atoms with van der Waals surface area (Å²) in [6.07, 6.45) is 22.8. The summed E-state index contributed by atoms with van der Waals surface area (Å²) in [4.78, 5) is 10.6. The molecule has 1 unspecified atom stereocenters. The molecule has 0 aliphatic heterocycles. The first-order valence-electron chi connectivity index (χ1n) is 11.6. The quantitative estimate of drug-likeness (QED) is 0.118. The number of carboxylic acid groups (broad SMARTS) is 1. The van der Waals surface area contributed by atoms with E-state index in [1.807, 2.05) is 6.92 Å². The van der Waals surface area contributed by atoms with Gasteiger partial charge in [0.05, 0.1) is 13.0 Å². The summed E-state index contributed by atoms with van der Waals surface area (Å²) in [6.45, 7) is 4.56. The standard InChI is InChI=1S/C23H45O4P/c1-3-5-6-7-8-9-10-11-12-13-14-15-16-17-18-19-21-27-28(26,4-2)22-20-23(24)25/h11-12H,3-10,13-22H2,1-2H3,(H,24,25)/b12-11+. The van der Waals surface area contributed by atoms with Gasteiger partial charge in [-0.2, -0.15) is 0 Å². The van der Waals surface area contributed by atoms with Crippen LogP contribution >= 0.6 is 7.37 Å². The van der Waals surface area contributed by atoms with Gasteiger partial charge in [-0.15, -0.1) is 0 Å². The Morgan fingerprint density at radius 1 is 0.821 bits per heavy atom. The van der Waals surface area contributed by atoms with Gasteiger partial charge in [-0.1, -0.05) is 83.8 Å². The molecule has 0 aromatic rings. The van der Waals surface area contributed by atoms with E-state index in [9.17, 15) is 9.36 Å². The van der Waals surface area contributed by atoms with E-state index in [-0.39, 0.29) is 12.6 Å². The van der Waals surface area contributed by atoms with Crippen molar-refractivity contribution in [3.8, 4) is 0 Å². The van der Waals surface area contributed by atoms with Crippen LogP contribution in [0.1, 0.15) is 110 Å². The average molecular weight is 417 g/mol. The van der Waals surface area contributed by atoms with Gasteiger partial charge in [0.1, 0.15) is 0 Å². The van der Waals surface area contributed by atoms with Crippen molar-refractivity contribution < 1.29 is 19.0 Å². The maximum absolute atomic E-state index is 12.4. The lowest BCUT2D eigenvalue weighted by molar-refractivity contribution is -0.136. The Labute approximate surface area is 174 Å². The predicted molar refractivity (Wildman–Crippen MR) is 121 cm³/mol. The molecule has 166 valence electrons. The smallest absolute Gasteiger partial charge is 0.303 e. The monoisotopic (exact) mass is 416 g/mol. The zero-order valence-electron chi connectivity index (χ0n) is 18.5. The largest absolute Gasteiger partial charge is 0.481 e. The van der Waals surface area contributed by atoms with Gasteiger partial charge in [-0.25, -0.2) is 0 Å². The first kappa shape index (κ1) is 27.4. The maximum Gasteiger partial charge on any atom is 0.303 e. The molecule has 0 spiro atoms. The molecular weight excluding hydrogens is 371 g/mol. The van der Waals surface area contributed by atoms with E-state index >= 15 is 0 Å². The highest BCUT2D eigenvalue weighted by molar-refractivity contribution is 7.58. The van der Waals surface area contributed by atoms with Crippen LogP contribution in [0.5, 0.6) is 0 Å². The summed E-state index contributed by atoms with van der Waals surface area (Å²) in [5.41, 5.74) is 0. The minimum atomic E-state index is -2.73. The van der Waals surface area contributed by atoms with Gasteiger partial charge in [0.2, 0.25) is 7.37 Å². The predicted octanol–water partition coefficient (Wildman–Crippen LogP) is 7.81. The number of hydrogen-bond donors (Lipinski definition) is 1. The molecule has 0 bridgehead atoms. The van der Waals surface area contributed by atoms with Gasteiger partial charge in [0.25, 0.3) is 0 Å². The summed E-state index contributed by atoms with van der Waals surface area (Å²) in [6, 6.07) is 0. The molecule has 0 rings (SSSR count). The maximum atomic E-state index is 12.4. The Kier molecular flexibility index (Phi) is 19.3.